The Kier molecular flexibility index (Phi) is 5.33. The molecule has 0 radical (unpaired) electrons. The third-order valence-electron chi connectivity index (χ3n) is 3.36. The predicted octanol–water partition coefficient (Wildman–Crippen LogP) is 2.11. The maximum atomic E-state index is 12.3. The second kappa shape index (κ2) is 7.22. The monoisotopic (exact) mass is 290 g/mol. The van der Waals surface area contributed by atoms with Crippen LogP contribution in [-0.4, -0.2) is 31.0 Å². The van der Waals surface area contributed by atoms with Crippen molar-refractivity contribution in [1.29, 1.82) is 0 Å². The molecule has 0 bridgehead atoms. The molecular weight excluding hydrogens is 268 g/mol. The number of nitrogens with zero attached hydrogens (tertiary/aromatic N) is 1. The number of amides is 2. The van der Waals surface area contributed by atoms with Crippen LogP contribution < -0.4 is 15.0 Å². The van der Waals surface area contributed by atoms with Gasteiger partial charge in [-0.1, -0.05) is 13.8 Å². The van der Waals surface area contributed by atoms with Gasteiger partial charge in [-0.15, -0.1) is 0 Å². The Balaban J connectivity index is 2.06. The maximum absolute atomic E-state index is 12.3. The molecule has 0 saturated carbocycles. The minimum absolute atomic E-state index is 0.157. The Hall–Kier alpha value is -1.88. The Labute approximate surface area is 125 Å². The fourth-order valence-corrected chi connectivity index (χ4v) is 2.29. The summed E-state index contributed by atoms with van der Waals surface area (Å²) in [5, 5.41) is 3.11. The molecule has 1 aromatic carbocycles. The summed E-state index contributed by atoms with van der Waals surface area (Å²) in [5.41, 5.74) is 0.606. The van der Waals surface area contributed by atoms with Crippen LogP contribution in [0.5, 0.6) is 5.75 Å². The molecule has 1 heterocycles. The number of carbonyl (C=O) groups is 2. The third-order valence-corrected chi connectivity index (χ3v) is 3.36. The molecule has 114 valence electrons. The molecule has 1 saturated heterocycles. The SMILES string of the molecule is CCCN[C@H]1CC(=O)N(c2ccc(OCCC)cc2)C1=O. The van der Waals surface area contributed by atoms with Crippen molar-refractivity contribution in [1.82, 2.24) is 5.32 Å². The van der Waals surface area contributed by atoms with E-state index in [0.717, 1.165) is 25.1 Å². The summed E-state index contributed by atoms with van der Waals surface area (Å²) in [6.45, 7) is 5.46. The zero-order valence-electron chi connectivity index (χ0n) is 12.6. The van der Waals surface area contributed by atoms with Crippen molar-refractivity contribution in [2.75, 3.05) is 18.1 Å². The molecule has 1 N–H and O–H groups in total. The molecular formula is C16H22N2O3. The molecule has 0 unspecified atom stereocenters. The van der Waals surface area contributed by atoms with Gasteiger partial charge in [0.15, 0.2) is 0 Å². The minimum Gasteiger partial charge on any atom is -0.494 e. The molecule has 1 aliphatic heterocycles. The Bertz CT molecular complexity index is 499. The van der Waals surface area contributed by atoms with Crippen LogP contribution in [0.4, 0.5) is 5.69 Å². The van der Waals surface area contributed by atoms with Crippen LogP contribution in [0.2, 0.25) is 0 Å². The highest BCUT2D eigenvalue weighted by Crippen LogP contribution is 2.25. The average Bonchev–Trinajstić information content (AvgIpc) is 2.78. The molecule has 0 spiro atoms. The smallest absolute Gasteiger partial charge is 0.251 e. The first-order chi connectivity index (χ1) is 10.2. The lowest BCUT2D eigenvalue weighted by molar-refractivity contribution is -0.121. The van der Waals surface area contributed by atoms with Crippen molar-refractivity contribution in [3.8, 4) is 5.75 Å². The van der Waals surface area contributed by atoms with Crippen LogP contribution in [0.3, 0.4) is 0 Å². The number of nitrogens with one attached hydrogen (secondary N) is 1. The van der Waals surface area contributed by atoms with E-state index in [9.17, 15) is 9.59 Å². The van der Waals surface area contributed by atoms with Crippen molar-refractivity contribution in [3.63, 3.8) is 0 Å². The van der Waals surface area contributed by atoms with Gasteiger partial charge in [0.2, 0.25) is 5.91 Å². The van der Waals surface area contributed by atoms with Gasteiger partial charge < -0.3 is 10.1 Å². The molecule has 21 heavy (non-hydrogen) atoms. The van der Waals surface area contributed by atoms with Gasteiger partial charge in [0, 0.05) is 0 Å². The van der Waals surface area contributed by atoms with Gasteiger partial charge in [0.1, 0.15) is 5.75 Å². The van der Waals surface area contributed by atoms with Gasteiger partial charge >= 0.3 is 0 Å². The molecule has 0 aliphatic carbocycles. The van der Waals surface area contributed by atoms with Gasteiger partial charge in [-0.2, -0.15) is 0 Å². The number of anilines is 1. The lowest BCUT2D eigenvalue weighted by atomic mass is 10.2. The number of carbonyl (C=O) groups excluding carboxylic acids is 2. The van der Waals surface area contributed by atoms with E-state index in [2.05, 4.69) is 5.32 Å². The Morgan fingerprint density at radius 2 is 1.90 bits per heavy atom. The van der Waals surface area contributed by atoms with Gasteiger partial charge in [0.05, 0.1) is 24.8 Å². The van der Waals surface area contributed by atoms with Crippen LogP contribution in [-0.2, 0) is 9.59 Å². The molecule has 2 rings (SSSR count). The number of hydrogen-bond donors (Lipinski definition) is 1. The van der Waals surface area contributed by atoms with Gasteiger partial charge in [-0.05, 0) is 43.7 Å². The minimum atomic E-state index is -0.395. The topological polar surface area (TPSA) is 58.6 Å². The van der Waals surface area contributed by atoms with E-state index in [1.807, 2.05) is 13.8 Å². The summed E-state index contributed by atoms with van der Waals surface area (Å²) in [7, 11) is 0. The zero-order chi connectivity index (χ0) is 15.2. The van der Waals surface area contributed by atoms with E-state index in [0.29, 0.717) is 12.3 Å². The molecule has 0 aromatic heterocycles. The summed E-state index contributed by atoms with van der Waals surface area (Å²) in [5.74, 6) is 0.423. The molecule has 5 nitrogen and oxygen atoms in total. The van der Waals surface area contributed by atoms with Gasteiger partial charge in [-0.3, -0.25) is 9.59 Å². The second-order valence-corrected chi connectivity index (χ2v) is 5.12. The number of ether oxygens (including phenoxy) is 1. The third kappa shape index (κ3) is 3.61. The molecule has 1 atom stereocenters. The largest absolute Gasteiger partial charge is 0.494 e. The molecule has 1 fully saturated rings. The maximum Gasteiger partial charge on any atom is 0.251 e. The van der Waals surface area contributed by atoms with E-state index < -0.39 is 6.04 Å². The number of hydrogen-bond acceptors (Lipinski definition) is 4. The van der Waals surface area contributed by atoms with Crippen LogP contribution >= 0.6 is 0 Å². The standard InChI is InChI=1S/C16H22N2O3/c1-3-9-17-14-11-15(19)18(16(14)20)12-5-7-13(8-6-12)21-10-4-2/h5-8,14,17H,3-4,9-11H2,1-2H3/t14-/m0/s1. The lowest BCUT2D eigenvalue weighted by Gasteiger charge is -2.16. The van der Waals surface area contributed by atoms with Crippen molar-refractivity contribution in [3.05, 3.63) is 24.3 Å². The fourth-order valence-electron chi connectivity index (χ4n) is 2.29. The number of rotatable bonds is 7. The van der Waals surface area contributed by atoms with Crippen molar-refractivity contribution in [2.45, 2.75) is 39.2 Å². The van der Waals surface area contributed by atoms with Crippen molar-refractivity contribution < 1.29 is 14.3 Å². The molecule has 2 amide bonds. The zero-order valence-corrected chi connectivity index (χ0v) is 12.6. The van der Waals surface area contributed by atoms with Crippen LogP contribution in [0, 0.1) is 0 Å². The Morgan fingerprint density at radius 3 is 2.52 bits per heavy atom. The summed E-state index contributed by atoms with van der Waals surface area (Å²) in [6, 6.07) is 6.69. The second-order valence-electron chi connectivity index (χ2n) is 5.12. The normalized spacial score (nSPS) is 18.4. The highest BCUT2D eigenvalue weighted by atomic mass is 16.5. The predicted molar refractivity (Wildman–Crippen MR) is 81.4 cm³/mol. The van der Waals surface area contributed by atoms with Crippen LogP contribution in [0.1, 0.15) is 33.1 Å². The number of benzene rings is 1. The van der Waals surface area contributed by atoms with E-state index in [1.54, 1.807) is 24.3 Å². The highest BCUT2D eigenvalue weighted by Gasteiger charge is 2.38. The van der Waals surface area contributed by atoms with Gasteiger partial charge in [-0.25, -0.2) is 4.90 Å². The quantitative estimate of drug-likeness (QED) is 0.781. The first-order valence-electron chi connectivity index (χ1n) is 7.50. The molecule has 1 aliphatic rings. The summed E-state index contributed by atoms with van der Waals surface area (Å²) < 4.78 is 5.50. The van der Waals surface area contributed by atoms with E-state index >= 15 is 0 Å². The van der Waals surface area contributed by atoms with E-state index in [-0.39, 0.29) is 18.2 Å². The molecule has 1 aromatic rings. The first kappa shape index (κ1) is 15.5. The fraction of sp³-hybridized carbons (Fsp3) is 0.500. The summed E-state index contributed by atoms with van der Waals surface area (Å²) >= 11 is 0. The Morgan fingerprint density at radius 1 is 1.19 bits per heavy atom. The van der Waals surface area contributed by atoms with Crippen molar-refractivity contribution >= 4 is 17.5 Å². The lowest BCUT2D eigenvalue weighted by Crippen LogP contribution is -2.39. The number of imide groups is 1. The molecule has 5 heteroatoms. The van der Waals surface area contributed by atoms with E-state index in [4.69, 9.17) is 4.74 Å². The van der Waals surface area contributed by atoms with Crippen molar-refractivity contribution in [2.24, 2.45) is 0 Å². The van der Waals surface area contributed by atoms with Gasteiger partial charge in [0.25, 0.3) is 5.91 Å². The summed E-state index contributed by atoms with van der Waals surface area (Å²) in [6.07, 6.45) is 2.10. The average molecular weight is 290 g/mol. The van der Waals surface area contributed by atoms with Crippen LogP contribution in [0.25, 0.3) is 0 Å². The summed E-state index contributed by atoms with van der Waals surface area (Å²) in [4.78, 5) is 25.6. The highest BCUT2D eigenvalue weighted by molar-refractivity contribution is 6.22. The van der Waals surface area contributed by atoms with Crippen LogP contribution in [0.15, 0.2) is 24.3 Å². The van der Waals surface area contributed by atoms with E-state index in [1.165, 1.54) is 4.90 Å². The first-order valence-corrected chi connectivity index (χ1v) is 7.50.